The molecule has 0 aliphatic heterocycles. The predicted octanol–water partition coefficient (Wildman–Crippen LogP) is 14.0. The summed E-state index contributed by atoms with van der Waals surface area (Å²) in [5.74, 6) is 0. The van der Waals surface area contributed by atoms with E-state index >= 15 is 0 Å². The van der Waals surface area contributed by atoms with E-state index < -0.39 is 0 Å². The second-order valence-corrected chi connectivity index (χ2v) is 10.1. The van der Waals surface area contributed by atoms with Gasteiger partial charge in [-0.15, -0.1) is 0 Å². The minimum atomic E-state index is 1.08. The number of aryl methyl sites for hydroxylation is 1. The largest absolute Gasteiger partial charge is 0.0990 e. The molecule has 0 saturated heterocycles. The first-order chi connectivity index (χ1) is 21.6. The monoisotopic (exact) mass is 602 g/mol. The highest BCUT2D eigenvalue weighted by Gasteiger charge is 2.02. The molecule has 0 bridgehead atoms. The first-order valence-electron chi connectivity index (χ1n) is 15.8. The van der Waals surface area contributed by atoms with Crippen LogP contribution >= 0.6 is 11.8 Å². The van der Waals surface area contributed by atoms with Gasteiger partial charge < -0.3 is 0 Å². The number of benzene rings is 3. The molecule has 1 aliphatic carbocycles. The predicted molar refractivity (Wildman–Crippen MR) is 203 cm³/mol. The topological polar surface area (TPSA) is 0 Å². The summed E-state index contributed by atoms with van der Waals surface area (Å²) in [5, 5.41) is 0. The number of allylic oxidation sites excluding steroid dienone is 13. The second-order valence-electron chi connectivity index (χ2n) is 8.98. The highest BCUT2D eigenvalue weighted by molar-refractivity contribution is 7.99. The summed E-state index contributed by atoms with van der Waals surface area (Å²) in [5.41, 5.74) is 6.28. The molecule has 0 aromatic heterocycles. The first kappa shape index (κ1) is 39.9. The molecular formula is C43H54S. The van der Waals surface area contributed by atoms with Crippen LogP contribution in [0.3, 0.4) is 0 Å². The van der Waals surface area contributed by atoms with E-state index in [1.165, 1.54) is 26.5 Å². The molecule has 44 heavy (non-hydrogen) atoms. The number of hydrogen-bond donors (Lipinski definition) is 0. The van der Waals surface area contributed by atoms with Crippen molar-refractivity contribution in [1.29, 1.82) is 0 Å². The van der Waals surface area contributed by atoms with Crippen molar-refractivity contribution in [1.82, 2.24) is 0 Å². The smallest absolute Gasteiger partial charge is 0.0122 e. The van der Waals surface area contributed by atoms with Crippen LogP contribution < -0.4 is 0 Å². The second kappa shape index (κ2) is 27.7. The van der Waals surface area contributed by atoms with Crippen LogP contribution in [0.4, 0.5) is 0 Å². The first-order valence-corrected chi connectivity index (χ1v) is 16.6. The molecule has 4 rings (SSSR count). The van der Waals surface area contributed by atoms with Crippen molar-refractivity contribution in [2.75, 3.05) is 0 Å². The van der Waals surface area contributed by atoms with E-state index in [1.807, 2.05) is 70.2 Å². The van der Waals surface area contributed by atoms with Gasteiger partial charge in [-0.3, -0.25) is 0 Å². The van der Waals surface area contributed by atoms with Gasteiger partial charge in [0.1, 0.15) is 0 Å². The zero-order valence-electron chi connectivity index (χ0n) is 28.0. The van der Waals surface area contributed by atoms with Crippen molar-refractivity contribution >= 4 is 17.3 Å². The Morgan fingerprint density at radius 3 is 1.73 bits per heavy atom. The molecule has 3 aromatic carbocycles. The third kappa shape index (κ3) is 17.8. The fraction of sp³-hybridized carbons (Fsp3) is 0.209. The van der Waals surface area contributed by atoms with Gasteiger partial charge in [0.15, 0.2) is 0 Å². The van der Waals surface area contributed by atoms with Gasteiger partial charge in [-0.2, -0.15) is 0 Å². The Balaban J connectivity index is 0.000000646. The molecule has 1 heteroatoms. The highest BCUT2D eigenvalue weighted by atomic mass is 32.2. The van der Waals surface area contributed by atoms with E-state index in [0.29, 0.717) is 0 Å². The van der Waals surface area contributed by atoms with E-state index in [4.69, 9.17) is 0 Å². The molecule has 1 aliphatic rings. The Labute approximate surface area is 274 Å². The lowest BCUT2D eigenvalue weighted by molar-refractivity contribution is 0.977. The van der Waals surface area contributed by atoms with Crippen molar-refractivity contribution < 1.29 is 0 Å². The molecule has 0 N–H and O–H groups in total. The molecule has 3 aromatic rings. The molecule has 0 radical (unpaired) electrons. The standard InChI is InChI=1S/C18H16S.C14H18.C7H8.2C2H6/c1-3-8-15(4-2)16-11-13-18(14-12-16)19-17-9-6-5-7-10-17;1-3-5-10-13(9-4-2)14-11-7-6-8-12-14;1-7-5-3-2-4-6-7;2*1-2/h3-14H,1-2H2;4-7,9-11H,2-3,8,12H2,1H3;2-6H,1H3;2*1-2H3/b15-8+;10-5-,13-9+;;;. The molecule has 0 heterocycles. The zero-order valence-corrected chi connectivity index (χ0v) is 28.8. The Hall–Kier alpha value is -4.07. The molecular weight excluding hydrogens is 549 g/mol. The lowest BCUT2D eigenvalue weighted by atomic mass is 9.96. The van der Waals surface area contributed by atoms with Crippen LogP contribution in [0, 0.1) is 6.92 Å². The van der Waals surface area contributed by atoms with E-state index in [-0.39, 0.29) is 0 Å². The van der Waals surface area contributed by atoms with E-state index in [1.54, 1.807) is 17.8 Å². The van der Waals surface area contributed by atoms with Gasteiger partial charge in [0.2, 0.25) is 0 Å². The Morgan fingerprint density at radius 1 is 0.727 bits per heavy atom. The van der Waals surface area contributed by atoms with Crippen LogP contribution in [0.2, 0.25) is 0 Å². The van der Waals surface area contributed by atoms with Gasteiger partial charge in [0.25, 0.3) is 0 Å². The van der Waals surface area contributed by atoms with Gasteiger partial charge in [0, 0.05) is 9.79 Å². The van der Waals surface area contributed by atoms with Crippen molar-refractivity contribution in [3.05, 3.63) is 188 Å². The Bertz CT molecular complexity index is 1310. The van der Waals surface area contributed by atoms with Gasteiger partial charge in [0.05, 0.1) is 0 Å². The number of rotatable bonds is 9. The van der Waals surface area contributed by atoms with E-state index in [2.05, 4.69) is 131 Å². The third-order valence-electron chi connectivity index (χ3n) is 5.84. The summed E-state index contributed by atoms with van der Waals surface area (Å²) in [7, 11) is 0. The van der Waals surface area contributed by atoms with Crippen molar-refractivity contribution in [2.45, 2.75) is 70.6 Å². The lowest BCUT2D eigenvalue weighted by Crippen LogP contribution is -1.90. The molecule has 0 unspecified atom stereocenters. The van der Waals surface area contributed by atoms with Crippen LogP contribution in [0.1, 0.15) is 65.0 Å². The Kier molecular flexibility index (Phi) is 25.2. The van der Waals surface area contributed by atoms with Gasteiger partial charge in [-0.1, -0.05) is 193 Å². The molecule has 232 valence electrons. The van der Waals surface area contributed by atoms with Crippen molar-refractivity contribution in [2.24, 2.45) is 0 Å². The van der Waals surface area contributed by atoms with Gasteiger partial charge in [-0.25, -0.2) is 0 Å². The molecule has 0 amide bonds. The summed E-state index contributed by atoms with van der Waals surface area (Å²) in [6.45, 7) is 23.5. The molecule has 0 fully saturated rings. The van der Waals surface area contributed by atoms with E-state index in [0.717, 1.165) is 30.4 Å². The summed E-state index contributed by atoms with van der Waals surface area (Å²) in [6.07, 6.45) is 23.8. The van der Waals surface area contributed by atoms with Crippen LogP contribution in [-0.2, 0) is 0 Å². The third-order valence-corrected chi connectivity index (χ3v) is 6.86. The average molecular weight is 603 g/mol. The highest BCUT2D eigenvalue weighted by Crippen LogP contribution is 2.28. The maximum atomic E-state index is 3.82. The maximum Gasteiger partial charge on any atom is 0.0122 e. The minimum Gasteiger partial charge on any atom is -0.0990 e. The van der Waals surface area contributed by atoms with Crippen LogP contribution in [0.5, 0.6) is 0 Å². The molecule has 0 saturated carbocycles. The normalized spacial score (nSPS) is 11.9. The summed E-state index contributed by atoms with van der Waals surface area (Å²) >= 11 is 1.76. The minimum absolute atomic E-state index is 1.08. The fourth-order valence-corrected chi connectivity index (χ4v) is 4.61. The fourth-order valence-electron chi connectivity index (χ4n) is 3.77. The van der Waals surface area contributed by atoms with Crippen molar-refractivity contribution in [3.8, 4) is 0 Å². The quantitative estimate of drug-likeness (QED) is 0.220. The molecule has 0 nitrogen and oxygen atoms in total. The lowest BCUT2D eigenvalue weighted by Gasteiger charge is -2.09. The van der Waals surface area contributed by atoms with Crippen LogP contribution in [0.15, 0.2) is 186 Å². The van der Waals surface area contributed by atoms with Crippen molar-refractivity contribution in [3.63, 3.8) is 0 Å². The summed E-state index contributed by atoms with van der Waals surface area (Å²) < 4.78 is 0. The van der Waals surface area contributed by atoms with Crippen LogP contribution in [0.25, 0.3) is 5.57 Å². The zero-order chi connectivity index (χ0) is 32.8. The SMILES string of the molecule is C=C/C=C(\C=C)c1ccc(Sc2ccccc2)cc1.C=C/C=C(\C=C/CC)C1=CC=CCC1.CC.CC.Cc1ccccc1. The Morgan fingerprint density at radius 2 is 1.27 bits per heavy atom. The van der Waals surface area contributed by atoms with E-state index in [9.17, 15) is 0 Å². The average Bonchev–Trinajstić information content (AvgIpc) is 3.09. The summed E-state index contributed by atoms with van der Waals surface area (Å²) in [4.78, 5) is 2.48. The maximum absolute atomic E-state index is 3.82. The molecule has 0 spiro atoms. The van der Waals surface area contributed by atoms with Gasteiger partial charge in [-0.05, 0) is 72.7 Å². The van der Waals surface area contributed by atoms with Crippen LogP contribution in [-0.4, -0.2) is 0 Å². The molecule has 0 atom stereocenters. The number of hydrogen-bond acceptors (Lipinski definition) is 1. The van der Waals surface area contributed by atoms with Gasteiger partial charge >= 0.3 is 0 Å². The summed E-state index contributed by atoms with van der Waals surface area (Å²) in [6, 6.07) is 29.1.